The van der Waals surface area contributed by atoms with Gasteiger partial charge in [0.05, 0.1) is 17.8 Å². The van der Waals surface area contributed by atoms with E-state index in [1.54, 1.807) is 0 Å². The standard InChI is InChI=1S/C13H19N3O3/c1-3-13-8-15(7-11-6-10(2)14-19-11)4-5-16(13)12(17)18-9-13/h6H,3-5,7-9H2,1-2H3. The SMILES string of the molecule is CCC12COC(=O)N1CCN(Cc1cc(C)no1)C2. The van der Waals surface area contributed by atoms with Crippen LogP contribution in [-0.4, -0.2) is 52.8 Å². The Kier molecular flexibility index (Phi) is 2.97. The Balaban J connectivity index is 1.72. The normalized spacial score (nSPS) is 27.5. The van der Waals surface area contributed by atoms with Crippen molar-refractivity contribution >= 4 is 6.09 Å². The molecular weight excluding hydrogens is 246 g/mol. The number of cyclic esters (lactones) is 1. The number of ether oxygens (including phenoxy) is 1. The van der Waals surface area contributed by atoms with Crippen molar-refractivity contribution in [3.05, 3.63) is 17.5 Å². The van der Waals surface area contributed by atoms with Crippen LogP contribution in [-0.2, 0) is 11.3 Å². The van der Waals surface area contributed by atoms with E-state index < -0.39 is 0 Å². The monoisotopic (exact) mass is 265 g/mol. The van der Waals surface area contributed by atoms with Crippen LogP contribution in [0.1, 0.15) is 24.8 Å². The van der Waals surface area contributed by atoms with E-state index in [0.717, 1.165) is 44.1 Å². The van der Waals surface area contributed by atoms with Crippen LogP contribution in [0.4, 0.5) is 4.79 Å². The molecule has 2 saturated heterocycles. The van der Waals surface area contributed by atoms with E-state index in [0.29, 0.717) is 6.61 Å². The summed E-state index contributed by atoms with van der Waals surface area (Å²) in [5.74, 6) is 0.877. The van der Waals surface area contributed by atoms with E-state index in [1.165, 1.54) is 0 Å². The summed E-state index contributed by atoms with van der Waals surface area (Å²) >= 11 is 0. The molecule has 1 atom stereocenters. The molecular formula is C13H19N3O3. The Hall–Kier alpha value is -1.56. The number of carbonyl (C=O) groups excluding carboxylic acids is 1. The summed E-state index contributed by atoms with van der Waals surface area (Å²) < 4.78 is 10.5. The van der Waals surface area contributed by atoms with Crippen LogP contribution < -0.4 is 0 Å². The number of aromatic nitrogens is 1. The Morgan fingerprint density at radius 1 is 1.47 bits per heavy atom. The highest BCUT2D eigenvalue weighted by atomic mass is 16.6. The summed E-state index contributed by atoms with van der Waals surface area (Å²) in [6.45, 7) is 7.66. The molecule has 0 radical (unpaired) electrons. The van der Waals surface area contributed by atoms with Crippen molar-refractivity contribution in [2.45, 2.75) is 32.4 Å². The number of hydrogen-bond donors (Lipinski definition) is 0. The van der Waals surface area contributed by atoms with Gasteiger partial charge in [-0.15, -0.1) is 0 Å². The van der Waals surface area contributed by atoms with Gasteiger partial charge < -0.3 is 9.26 Å². The second-order valence-corrected chi connectivity index (χ2v) is 5.43. The maximum Gasteiger partial charge on any atom is 0.410 e. The van der Waals surface area contributed by atoms with Crippen molar-refractivity contribution in [3.63, 3.8) is 0 Å². The average Bonchev–Trinajstić information content (AvgIpc) is 2.95. The fraction of sp³-hybridized carbons (Fsp3) is 0.692. The van der Waals surface area contributed by atoms with Gasteiger partial charge in [0.2, 0.25) is 0 Å². The number of hydrogen-bond acceptors (Lipinski definition) is 5. The highest BCUT2D eigenvalue weighted by Crippen LogP contribution is 2.32. The lowest BCUT2D eigenvalue weighted by Crippen LogP contribution is -2.60. The van der Waals surface area contributed by atoms with Crippen LogP contribution in [0, 0.1) is 6.92 Å². The van der Waals surface area contributed by atoms with Crippen molar-refractivity contribution < 1.29 is 14.1 Å². The lowest BCUT2D eigenvalue weighted by molar-refractivity contribution is 0.0406. The van der Waals surface area contributed by atoms with Gasteiger partial charge in [-0.3, -0.25) is 9.80 Å². The van der Waals surface area contributed by atoms with Crippen molar-refractivity contribution in [1.82, 2.24) is 15.0 Å². The van der Waals surface area contributed by atoms with Crippen LogP contribution in [0.5, 0.6) is 0 Å². The Morgan fingerprint density at radius 2 is 2.32 bits per heavy atom. The van der Waals surface area contributed by atoms with Gasteiger partial charge in [-0.2, -0.15) is 0 Å². The lowest BCUT2D eigenvalue weighted by Gasteiger charge is -2.43. The third-order valence-corrected chi connectivity index (χ3v) is 4.13. The number of aryl methyl sites for hydroxylation is 1. The summed E-state index contributed by atoms with van der Waals surface area (Å²) in [6, 6.07) is 1.96. The molecule has 1 unspecified atom stereocenters. The van der Waals surface area contributed by atoms with Gasteiger partial charge in [-0.05, 0) is 13.3 Å². The molecule has 1 aromatic heterocycles. The molecule has 0 N–H and O–H groups in total. The van der Waals surface area contributed by atoms with Gasteiger partial charge in [-0.25, -0.2) is 4.79 Å². The number of nitrogens with zero attached hydrogens (tertiary/aromatic N) is 3. The molecule has 2 fully saturated rings. The lowest BCUT2D eigenvalue weighted by atomic mass is 9.93. The molecule has 1 aromatic rings. The summed E-state index contributed by atoms with van der Waals surface area (Å²) in [5, 5.41) is 3.91. The maximum absolute atomic E-state index is 11.7. The molecule has 6 heteroatoms. The maximum atomic E-state index is 11.7. The van der Waals surface area contributed by atoms with E-state index >= 15 is 0 Å². The number of rotatable bonds is 3. The quantitative estimate of drug-likeness (QED) is 0.826. The van der Waals surface area contributed by atoms with Crippen LogP contribution in [0.25, 0.3) is 0 Å². The Bertz CT molecular complexity index is 487. The minimum Gasteiger partial charge on any atom is -0.447 e. The molecule has 3 heterocycles. The highest BCUT2D eigenvalue weighted by Gasteiger charge is 2.49. The van der Waals surface area contributed by atoms with Crippen LogP contribution in [0.15, 0.2) is 10.6 Å². The van der Waals surface area contributed by atoms with Crippen LogP contribution >= 0.6 is 0 Å². The highest BCUT2D eigenvalue weighted by molar-refractivity contribution is 5.71. The first-order valence-corrected chi connectivity index (χ1v) is 6.72. The minimum atomic E-state index is -0.169. The first kappa shape index (κ1) is 12.5. The number of amides is 1. The van der Waals surface area contributed by atoms with Gasteiger partial charge in [-0.1, -0.05) is 12.1 Å². The van der Waals surface area contributed by atoms with Crippen molar-refractivity contribution in [3.8, 4) is 0 Å². The largest absolute Gasteiger partial charge is 0.447 e. The van der Waals surface area contributed by atoms with Crippen molar-refractivity contribution in [2.24, 2.45) is 0 Å². The molecule has 2 aliphatic heterocycles. The minimum absolute atomic E-state index is 0.162. The van der Waals surface area contributed by atoms with Gasteiger partial charge in [0.1, 0.15) is 6.61 Å². The average molecular weight is 265 g/mol. The van der Waals surface area contributed by atoms with E-state index in [-0.39, 0.29) is 11.6 Å². The predicted molar refractivity (Wildman–Crippen MR) is 67.6 cm³/mol. The van der Waals surface area contributed by atoms with Crippen LogP contribution in [0.3, 0.4) is 0 Å². The molecule has 19 heavy (non-hydrogen) atoms. The number of piperazine rings is 1. The first-order chi connectivity index (χ1) is 9.13. The molecule has 6 nitrogen and oxygen atoms in total. The third kappa shape index (κ3) is 2.10. The van der Waals surface area contributed by atoms with Gasteiger partial charge in [0.25, 0.3) is 0 Å². The fourth-order valence-corrected chi connectivity index (χ4v) is 2.99. The second kappa shape index (κ2) is 4.52. The summed E-state index contributed by atoms with van der Waals surface area (Å²) in [4.78, 5) is 15.9. The number of fused-ring (bicyclic) bond motifs is 1. The zero-order chi connectivity index (χ0) is 13.5. The van der Waals surface area contributed by atoms with E-state index in [1.807, 2.05) is 17.9 Å². The Labute approximate surface area is 112 Å². The molecule has 0 bridgehead atoms. The van der Waals surface area contributed by atoms with Gasteiger partial charge in [0, 0.05) is 25.7 Å². The van der Waals surface area contributed by atoms with Crippen molar-refractivity contribution in [2.75, 3.05) is 26.2 Å². The molecule has 0 spiro atoms. The Morgan fingerprint density at radius 3 is 3.00 bits per heavy atom. The zero-order valence-corrected chi connectivity index (χ0v) is 11.4. The summed E-state index contributed by atoms with van der Waals surface area (Å²) in [6.07, 6.45) is 0.738. The number of carbonyl (C=O) groups is 1. The summed E-state index contributed by atoms with van der Waals surface area (Å²) in [5.41, 5.74) is 0.739. The molecule has 0 aliphatic carbocycles. The van der Waals surface area contributed by atoms with Gasteiger partial charge in [0.15, 0.2) is 5.76 Å². The zero-order valence-electron chi connectivity index (χ0n) is 11.4. The third-order valence-electron chi connectivity index (χ3n) is 4.13. The van der Waals surface area contributed by atoms with Gasteiger partial charge >= 0.3 is 6.09 Å². The molecule has 2 aliphatic rings. The van der Waals surface area contributed by atoms with E-state index in [4.69, 9.17) is 9.26 Å². The molecule has 104 valence electrons. The first-order valence-electron chi connectivity index (χ1n) is 6.72. The topological polar surface area (TPSA) is 58.8 Å². The van der Waals surface area contributed by atoms with E-state index in [2.05, 4.69) is 17.0 Å². The summed E-state index contributed by atoms with van der Waals surface area (Å²) in [7, 11) is 0. The molecule has 0 saturated carbocycles. The second-order valence-electron chi connectivity index (χ2n) is 5.43. The molecule has 3 rings (SSSR count). The molecule has 1 amide bonds. The van der Waals surface area contributed by atoms with E-state index in [9.17, 15) is 4.79 Å². The van der Waals surface area contributed by atoms with Crippen LogP contribution in [0.2, 0.25) is 0 Å². The fourth-order valence-electron chi connectivity index (χ4n) is 2.99. The molecule has 0 aromatic carbocycles. The predicted octanol–water partition coefficient (Wildman–Crippen LogP) is 1.40. The van der Waals surface area contributed by atoms with Crippen molar-refractivity contribution in [1.29, 1.82) is 0 Å². The smallest absolute Gasteiger partial charge is 0.410 e.